The normalized spacial score (nSPS) is 13.0. The van der Waals surface area contributed by atoms with Crippen LogP contribution in [0.25, 0.3) is 0 Å². The summed E-state index contributed by atoms with van der Waals surface area (Å²) in [4.78, 5) is 38.0. The van der Waals surface area contributed by atoms with Crippen molar-refractivity contribution in [3.63, 3.8) is 0 Å². The minimum atomic E-state index is -0.785. The van der Waals surface area contributed by atoms with Gasteiger partial charge < -0.3 is 14.2 Å². The first-order valence-corrected chi connectivity index (χ1v) is 33.7. The van der Waals surface area contributed by atoms with Crippen molar-refractivity contribution in [1.82, 2.24) is 0 Å². The average molecular weight is 1120 g/mol. The Morgan fingerprint density at radius 3 is 0.753 bits per heavy atom. The number of allylic oxidation sites excluding steroid dienone is 22. The minimum absolute atomic E-state index is 0.0846. The first-order chi connectivity index (χ1) is 40.0. The molecule has 0 aliphatic rings. The van der Waals surface area contributed by atoms with Gasteiger partial charge in [0, 0.05) is 19.3 Å². The molecule has 0 amide bonds. The Hall–Kier alpha value is -4.45. The zero-order chi connectivity index (χ0) is 58.5. The van der Waals surface area contributed by atoms with E-state index < -0.39 is 6.10 Å². The lowest BCUT2D eigenvalue weighted by Crippen LogP contribution is -2.30. The second-order valence-corrected chi connectivity index (χ2v) is 22.0. The maximum atomic E-state index is 12.8. The fraction of sp³-hybridized carbons (Fsp3) is 0.667. The van der Waals surface area contributed by atoms with Gasteiger partial charge in [-0.15, -0.1) is 0 Å². The molecule has 0 aromatic rings. The van der Waals surface area contributed by atoms with Crippen LogP contribution in [0, 0.1) is 0 Å². The van der Waals surface area contributed by atoms with Crippen LogP contribution in [0.3, 0.4) is 0 Å². The SMILES string of the molecule is CC/C=C\C/C=C\C/C=C\C/C=C\C/C=C\C/C=C\C/C=C\C/C=C\CCCCCCCCCCC(=O)OCC(COC(=O)CCCCCCC)OC(=O)CCCCCCCCCCCC/C=C\C/C=C\C/C=C\CCCCCCC. The molecule has 0 aliphatic heterocycles. The summed E-state index contributed by atoms with van der Waals surface area (Å²) in [5.41, 5.74) is 0. The molecule has 0 aliphatic carbocycles. The molecule has 0 saturated carbocycles. The van der Waals surface area contributed by atoms with E-state index in [0.717, 1.165) is 135 Å². The van der Waals surface area contributed by atoms with Crippen LogP contribution in [0.15, 0.2) is 134 Å². The Labute approximate surface area is 500 Å². The number of esters is 3. The van der Waals surface area contributed by atoms with E-state index in [9.17, 15) is 14.4 Å². The highest BCUT2D eigenvalue weighted by Gasteiger charge is 2.19. The second-order valence-electron chi connectivity index (χ2n) is 22.0. The molecule has 6 nitrogen and oxygen atoms in total. The third-order valence-corrected chi connectivity index (χ3v) is 14.1. The third-order valence-electron chi connectivity index (χ3n) is 14.1. The maximum Gasteiger partial charge on any atom is 0.306 e. The van der Waals surface area contributed by atoms with Crippen LogP contribution < -0.4 is 0 Å². The number of rotatable bonds is 60. The maximum absolute atomic E-state index is 12.8. The molecule has 81 heavy (non-hydrogen) atoms. The Morgan fingerprint density at radius 1 is 0.259 bits per heavy atom. The number of hydrogen-bond acceptors (Lipinski definition) is 6. The van der Waals surface area contributed by atoms with Crippen LogP contribution in [0.1, 0.15) is 303 Å². The van der Waals surface area contributed by atoms with Crippen LogP contribution >= 0.6 is 0 Å². The molecule has 1 atom stereocenters. The van der Waals surface area contributed by atoms with Gasteiger partial charge in [-0.2, -0.15) is 0 Å². The van der Waals surface area contributed by atoms with Gasteiger partial charge in [-0.1, -0.05) is 296 Å². The molecule has 0 aromatic carbocycles. The fourth-order valence-electron chi connectivity index (χ4n) is 9.11. The van der Waals surface area contributed by atoms with Crippen molar-refractivity contribution in [2.45, 2.75) is 309 Å². The Morgan fingerprint density at radius 2 is 0.481 bits per heavy atom. The summed E-state index contributed by atoms with van der Waals surface area (Å²) in [7, 11) is 0. The van der Waals surface area contributed by atoms with Crippen molar-refractivity contribution in [2.75, 3.05) is 13.2 Å². The highest BCUT2D eigenvalue weighted by molar-refractivity contribution is 5.71. The molecule has 6 heteroatoms. The molecular formula is C75H124O6. The largest absolute Gasteiger partial charge is 0.462 e. The highest BCUT2D eigenvalue weighted by Crippen LogP contribution is 2.15. The minimum Gasteiger partial charge on any atom is -0.462 e. The van der Waals surface area contributed by atoms with Crippen LogP contribution in [0.4, 0.5) is 0 Å². The molecule has 0 N–H and O–H groups in total. The van der Waals surface area contributed by atoms with E-state index in [1.54, 1.807) is 0 Å². The molecule has 0 bridgehead atoms. The van der Waals surface area contributed by atoms with Crippen molar-refractivity contribution in [2.24, 2.45) is 0 Å². The lowest BCUT2D eigenvalue weighted by atomic mass is 10.0. The summed E-state index contributed by atoms with van der Waals surface area (Å²) >= 11 is 0. The van der Waals surface area contributed by atoms with Crippen molar-refractivity contribution < 1.29 is 28.6 Å². The van der Waals surface area contributed by atoms with E-state index in [1.807, 2.05) is 0 Å². The van der Waals surface area contributed by atoms with Gasteiger partial charge in [-0.3, -0.25) is 14.4 Å². The second kappa shape index (κ2) is 68.1. The first-order valence-electron chi connectivity index (χ1n) is 33.7. The number of carbonyl (C=O) groups is 3. The molecule has 0 spiro atoms. The van der Waals surface area contributed by atoms with E-state index >= 15 is 0 Å². The third kappa shape index (κ3) is 66.2. The van der Waals surface area contributed by atoms with Gasteiger partial charge in [-0.25, -0.2) is 0 Å². The molecule has 0 aromatic heterocycles. The smallest absolute Gasteiger partial charge is 0.306 e. The Kier molecular flexibility index (Phi) is 64.3. The molecule has 0 heterocycles. The standard InChI is InChI=1S/C75H124O6/c1-4-7-10-13-15-17-19-21-23-25-27-29-31-33-34-35-36-37-38-39-40-42-43-45-47-49-51-53-55-57-59-62-65-68-74(77)80-71-72(70-79-73(76)67-64-61-12-9-6-3)81-75(78)69-66-63-60-58-56-54-52-50-48-46-44-41-32-30-28-26-24-22-20-18-16-14-11-8-5-2/h7,10,15,17,20-23,26-29,32-34,36-37,39-41,43,45,72H,4-6,8-9,11-14,16,18-19,24-25,30-31,35,38,42,44,46-71H2,1-3H3/b10-7-,17-15-,22-20-,23-21-,28-26-,29-27-,34-33-,37-36-,40-39-,41-32-,45-43-. The van der Waals surface area contributed by atoms with E-state index in [0.29, 0.717) is 19.3 Å². The van der Waals surface area contributed by atoms with Gasteiger partial charge in [0.2, 0.25) is 0 Å². The van der Waals surface area contributed by atoms with E-state index in [2.05, 4.69) is 154 Å². The topological polar surface area (TPSA) is 78.9 Å². The number of hydrogen-bond donors (Lipinski definition) is 0. The highest BCUT2D eigenvalue weighted by atomic mass is 16.6. The van der Waals surface area contributed by atoms with E-state index in [1.165, 1.54) is 128 Å². The average Bonchev–Trinajstić information content (AvgIpc) is 3.47. The Bertz CT molecular complexity index is 1720. The fourth-order valence-corrected chi connectivity index (χ4v) is 9.11. The zero-order valence-electron chi connectivity index (χ0n) is 52.8. The van der Waals surface area contributed by atoms with Crippen molar-refractivity contribution in [3.05, 3.63) is 134 Å². The zero-order valence-corrected chi connectivity index (χ0v) is 52.8. The van der Waals surface area contributed by atoms with Gasteiger partial charge in [0.15, 0.2) is 6.10 Å². The quantitative estimate of drug-likeness (QED) is 0.0261. The molecule has 0 fully saturated rings. The van der Waals surface area contributed by atoms with Crippen LogP contribution in [-0.4, -0.2) is 37.2 Å². The predicted molar refractivity (Wildman–Crippen MR) is 353 cm³/mol. The number of carbonyl (C=O) groups excluding carboxylic acids is 3. The molecular weight excluding hydrogens is 997 g/mol. The molecule has 0 radical (unpaired) electrons. The lowest BCUT2D eigenvalue weighted by molar-refractivity contribution is -0.167. The first kappa shape index (κ1) is 76.5. The van der Waals surface area contributed by atoms with Crippen LogP contribution in [0.2, 0.25) is 0 Å². The molecule has 0 rings (SSSR count). The van der Waals surface area contributed by atoms with Gasteiger partial charge in [0.1, 0.15) is 13.2 Å². The summed E-state index contributed by atoms with van der Waals surface area (Å²) in [5, 5.41) is 0. The van der Waals surface area contributed by atoms with Crippen LogP contribution in [-0.2, 0) is 28.6 Å². The van der Waals surface area contributed by atoms with Crippen molar-refractivity contribution in [3.8, 4) is 0 Å². The van der Waals surface area contributed by atoms with Crippen LogP contribution in [0.5, 0.6) is 0 Å². The summed E-state index contributed by atoms with van der Waals surface area (Å²) in [5.74, 6) is -0.908. The van der Waals surface area contributed by atoms with Crippen molar-refractivity contribution >= 4 is 17.9 Å². The van der Waals surface area contributed by atoms with Gasteiger partial charge in [-0.05, 0) is 122 Å². The number of ether oxygens (including phenoxy) is 3. The van der Waals surface area contributed by atoms with Gasteiger partial charge in [0.05, 0.1) is 0 Å². The summed E-state index contributed by atoms with van der Waals surface area (Å²) < 4.78 is 16.8. The molecule has 1 unspecified atom stereocenters. The predicted octanol–water partition coefficient (Wildman–Crippen LogP) is 23.3. The monoisotopic (exact) mass is 1120 g/mol. The van der Waals surface area contributed by atoms with Gasteiger partial charge >= 0.3 is 17.9 Å². The lowest BCUT2D eigenvalue weighted by Gasteiger charge is -2.18. The summed E-state index contributed by atoms with van der Waals surface area (Å²) in [6.45, 7) is 6.43. The molecule has 0 saturated heterocycles. The van der Waals surface area contributed by atoms with E-state index in [-0.39, 0.29) is 31.1 Å². The Balaban J connectivity index is 4.08. The summed E-state index contributed by atoms with van der Waals surface area (Å²) in [6, 6.07) is 0. The summed E-state index contributed by atoms with van der Waals surface area (Å²) in [6.07, 6.45) is 96.5. The molecule has 460 valence electrons. The number of unbranched alkanes of at least 4 members (excludes halogenated alkanes) is 27. The van der Waals surface area contributed by atoms with Gasteiger partial charge in [0.25, 0.3) is 0 Å². The van der Waals surface area contributed by atoms with Crippen molar-refractivity contribution in [1.29, 1.82) is 0 Å². The van der Waals surface area contributed by atoms with E-state index in [4.69, 9.17) is 14.2 Å².